The number of hydrogen-bond acceptors (Lipinski definition) is 17. The van der Waals surface area contributed by atoms with Gasteiger partial charge < -0.3 is 53.0 Å². The summed E-state index contributed by atoms with van der Waals surface area (Å²) in [5.74, 6) is -6.43. The Morgan fingerprint density at radius 3 is 1.61 bits per heavy atom. The Labute approximate surface area is 426 Å². The van der Waals surface area contributed by atoms with Gasteiger partial charge in [-0.3, -0.25) is 57.6 Å². The molecule has 0 spiro atoms. The lowest BCUT2D eigenvalue weighted by Crippen LogP contribution is -2.55. The number of carbonyl (C=O) groups excluding carboxylic acids is 11. The monoisotopic (exact) mass is 1070 g/mol. The summed E-state index contributed by atoms with van der Waals surface area (Å²) in [6.07, 6.45) is 1.68. The van der Waals surface area contributed by atoms with Crippen molar-refractivity contribution in [3.63, 3.8) is 0 Å². The number of primary amides is 1. The predicted octanol–water partition coefficient (Wildman–Crippen LogP) is -0.310. The van der Waals surface area contributed by atoms with Gasteiger partial charge >= 0.3 is 0 Å². The normalized spacial score (nSPS) is 15.5. The zero-order chi connectivity index (χ0) is 52.3. The van der Waals surface area contributed by atoms with Crippen LogP contribution in [0.5, 0.6) is 0 Å². The first-order valence-corrected chi connectivity index (χ1v) is 27.6. The van der Waals surface area contributed by atoms with E-state index in [0.717, 1.165) is 11.3 Å². The molecule has 27 heteroatoms. The van der Waals surface area contributed by atoms with E-state index in [2.05, 4.69) is 55.2 Å². The number of ether oxygens (including phenoxy) is 1. The molecule has 392 valence electrons. The highest BCUT2D eigenvalue weighted by atomic mass is 33.1. The molecule has 1 heterocycles. The molecule has 0 aliphatic carbocycles. The molecular weight excluding hydrogens is 997 g/mol. The van der Waals surface area contributed by atoms with Gasteiger partial charge in [0, 0.05) is 53.4 Å². The fourth-order valence-electron chi connectivity index (χ4n) is 5.41. The largest absolute Gasteiger partial charge is 0.378 e. The third-order valence-corrected chi connectivity index (χ3v) is 16.2. The number of thiol groups is 1. The number of likely N-dealkylation sites (tertiary alicyclic amines) is 1. The van der Waals surface area contributed by atoms with Gasteiger partial charge in [-0.25, -0.2) is 0 Å². The molecule has 11 amide bonds. The van der Waals surface area contributed by atoms with Gasteiger partial charge in [-0.2, -0.15) is 12.6 Å². The van der Waals surface area contributed by atoms with Crippen LogP contribution in [0.3, 0.4) is 0 Å². The van der Waals surface area contributed by atoms with Gasteiger partial charge in [0.25, 0.3) is 0 Å². The van der Waals surface area contributed by atoms with Gasteiger partial charge in [0.15, 0.2) is 0 Å². The van der Waals surface area contributed by atoms with Gasteiger partial charge in [-0.05, 0) is 32.6 Å². The van der Waals surface area contributed by atoms with Crippen LogP contribution in [0.1, 0.15) is 100 Å². The number of carbonyl (C=O) groups is 11. The van der Waals surface area contributed by atoms with Gasteiger partial charge in [0.05, 0.1) is 44.1 Å². The number of unbranched alkanes of at least 4 members (excludes halogenated alkanes) is 1. The van der Waals surface area contributed by atoms with E-state index in [9.17, 15) is 52.7 Å². The Morgan fingerprint density at radius 2 is 1.14 bits per heavy atom. The molecule has 0 aromatic carbocycles. The van der Waals surface area contributed by atoms with Crippen molar-refractivity contribution in [2.45, 2.75) is 139 Å². The quantitative estimate of drug-likeness (QED) is 0.0174. The molecule has 1 saturated heterocycles. The minimum absolute atomic E-state index is 0.00671. The maximum absolute atomic E-state index is 13.3. The summed E-state index contributed by atoms with van der Waals surface area (Å²) in [6, 6.07) is -3.31. The van der Waals surface area contributed by atoms with Crippen LogP contribution in [-0.2, 0) is 57.5 Å². The van der Waals surface area contributed by atoms with Crippen LogP contribution in [0.15, 0.2) is 0 Å². The second kappa shape index (κ2) is 32.9. The Bertz CT molecular complexity index is 1790. The molecule has 1 aliphatic heterocycles. The topological polar surface area (TPSA) is 322 Å². The van der Waals surface area contributed by atoms with Crippen molar-refractivity contribution in [1.82, 2.24) is 47.4 Å². The second-order valence-electron chi connectivity index (χ2n) is 17.8. The summed E-state index contributed by atoms with van der Waals surface area (Å²) in [4.78, 5) is 139. The summed E-state index contributed by atoms with van der Waals surface area (Å²) < 4.78 is 5.13. The minimum atomic E-state index is -1.16. The Balaban J connectivity index is 2.68. The van der Waals surface area contributed by atoms with Crippen LogP contribution in [0, 0.1) is 0 Å². The third kappa shape index (κ3) is 29.8. The van der Waals surface area contributed by atoms with Crippen LogP contribution in [0.2, 0.25) is 0 Å². The molecule has 0 aromatic rings. The molecule has 1 rings (SSSR count). The summed E-state index contributed by atoms with van der Waals surface area (Å²) in [5, 5.41) is 19.4. The van der Waals surface area contributed by atoms with E-state index < -0.39 is 96.2 Å². The molecule has 2 unspecified atom stereocenters. The minimum Gasteiger partial charge on any atom is -0.378 e. The van der Waals surface area contributed by atoms with Crippen LogP contribution in [0.25, 0.3) is 0 Å². The van der Waals surface area contributed by atoms with Gasteiger partial charge in [-0.1, -0.05) is 91.6 Å². The van der Waals surface area contributed by atoms with Crippen molar-refractivity contribution in [2.24, 2.45) is 5.73 Å². The molecule has 22 nitrogen and oxygen atoms in total. The average Bonchev–Trinajstić information content (AvgIpc) is 3.50. The molecule has 0 bridgehead atoms. The highest BCUT2D eigenvalue weighted by Crippen LogP contribution is 2.36. The van der Waals surface area contributed by atoms with E-state index >= 15 is 0 Å². The standard InChI is InChI=1S/C42H72N10O12S5/c1-9-25(2)64-17-14-31(54)45-20-34(57)50-28(24-67-69-42(6,7)8)39(62)48-22-35(58)51-27(23-66-68-41(3,4)5)38(61)47-19-32(55)46-21-33(56)49-26(37(43)60)12-10-11-15-44-30(53)13-16-52-36(59)18-29(65)40(52)63/h25-29,65H,9-24H2,1-8H3,(H2,43,60)(H,44,53)(H,45,54)(H,46,55)(H,47,61)(H,48,62)(H,49,56)(H,50,57)(H,51,58)/t25?,26-,27-,28-,29?/m0/s1. The second-order valence-corrected chi connectivity index (χ2v) is 24.7. The van der Waals surface area contributed by atoms with Crippen LogP contribution < -0.4 is 48.3 Å². The molecular formula is C42H72N10O12S5. The molecule has 10 N–H and O–H groups in total. The fourth-order valence-corrected chi connectivity index (χ4v) is 10.6. The molecule has 0 saturated carbocycles. The van der Waals surface area contributed by atoms with E-state index in [1.165, 1.54) is 43.2 Å². The van der Waals surface area contributed by atoms with Crippen molar-refractivity contribution in [3.8, 4) is 0 Å². The average molecular weight is 1070 g/mol. The van der Waals surface area contributed by atoms with Gasteiger partial charge in [0.1, 0.15) is 18.1 Å². The number of rotatable bonds is 33. The number of hydrogen-bond donors (Lipinski definition) is 10. The van der Waals surface area contributed by atoms with E-state index in [1.54, 1.807) is 0 Å². The Kier molecular flexibility index (Phi) is 30.1. The number of nitrogens with two attached hydrogens (primary N) is 1. The molecule has 5 atom stereocenters. The van der Waals surface area contributed by atoms with Crippen molar-refractivity contribution >= 4 is 121 Å². The summed E-state index contributed by atoms with van der Waals surface area (Å²) in [7, 11) is 5.59. The molecule has 0 radical (unpaired) electrons. The first kappa shape index (κ1) is 63.1. The molecule has 1 aliphatic rings. The van der Waals surface area contributed by atoms with E-state index in [-0.39, 0.29) is 90.8 Å². The highest BCUT2D eigenvalue weighted by molar-refractivity contribution is 8.77. The van der Waals surface area contributed by atoms with Crippen molar-refractivity contribution in [3.05, 3.63) is 0 Å². The smallest absolute Gasteiger partial charge is 0.243 e. The number of imide groups is 1. The predicted molar refractivity (Wildman–Crippen MR) is 273 cm³/mol. The number of amides is 11. The lowest BCUT2D eigenvalue weighted by atomic mass is 10.1. The van der Waals surface area contributed by atoms with Crippen molar-refractivity contribution in [1.29, 1.82) is 0 Å². The van der Waals surface area contributed by atoms with Crippen molar-refractivity contribution in [2.75, 3.05) is 57.4 Å². The third-order valence-electron chi connectivity index (χ3n) is 9.14. The number of nitrogens with one attached hydrogen (secondary N) is 8. The number of nitrogens with zero attached hydrogens (tertiary/aromatic N) is 1. The Hall–Kier alpha value is -3.92. The zero-order valence-corrected chi connectivity index (χ0v) is 44.9. The SMILES string of the molecule is CCC(C)OCCC(=O)NCC(=O)N[C@@H](CSSC(C)(C)C)C(=O)NCC(=O)N[C@@H](CSSC(C)(C)C)C(=O)NCC(=O)NCC(=O)N[C@@H](CCCCNC(=O)CCN1C(=O)CC(S)C1=O)C(N)=O. The van der Waals surface area contributed by atoms with Crippen LogP contribution in [-0.4, -0.2) is 166 Å². The lowest BCUT2D eigenvalue weighted by Gasteiger charge is -2.22. The van der Waals surface area contributed by atoms with E-state index in [4.69, 9.17) is 10.5 Å². The maximum Gasteiger partial charge on any atom is 0.243 e. The fraction of sp³-hybridized carbons (Fsp3) is 0.738. The molecule has 69 heavy (non-hydrogen) atoms. The first-order valence-electron chi connectivity index (χ1n) is 22.5. The first-order chi connectivity index (χ1) is 32.2. The van der Waals surface area contributed by atoms with Gasteiger partial charge in [-0.15, -0.1) is 0 Å². The van der Waals surface area contributed by atoms with Crippen LogP contribution >= 0.6 is 55.8 Å². The zero-order valence-electron chi connectivity index (χ0n) is 40.7. The van der Waals surface area contributed by atoms with E-state index in [1.807, 2.05) is 55.4 Å². The van der Waals surface area contributed by atoms with Crippen molar-refractivity contribution < 1.29 is 57.5 Å². The lowest BCUT2D eigenvalue weighted by molar-refractivity contribution is -0.139. The maximum atomic E-state index is 13.3. The summed E-state index contributed by atoms with van der Waals surface area (Å²) >= 11 is 4.05. The van der Waals surface area contributed by atoms with Crippen LogP contribution in [0.4, 0.5) is 0 Å². The Morgan fingerprint density at radius 1 is 0.681 bits per heavy atom. The van der Waals surface area contributed by atoms with E-state index in [0.29, 0.717) is 12.8 Å². The summed E-state index contributed by atoms with van der Waals surface area (Å²) in [6.45, 7) is 14.0. The summed E-state index contributed by atoms with van der Waals surface area (Å²) in [5.41, 5.74) is 5.46. The molecule has 0 aromatic heterocycles. The van der Waals surface area contributed by atoms with Gasteiger partial charge in [0.2, 0.25) is 65.0 Å². The molecule has 1 fully saturated rings. The highest BCUT2D eigenvalue weighted by Gasteiger charge is 2.36.